The summed E-state index contributed by atoms with van der Waals surface area (Å²) < 4.78 is 27.4. The summed E-state index contributed by atoms with van der Waals surface area (Å²) in [5.74, 6) is -0.131. The number of halogens is 2. The first-order valence-corrected chi connectivity index (χ1v) is 8.63. The maximum absolute atomic E-state index is 14.1. The van der Waals surface area contributed by atoms with Gasteiger partial charge >= 0.3 is 0 Å². The first-order chi connectivity index (χ1) is 11.6. The quantitative estimate of drug-likeness (QED) is 0.827. The highest BCUT2D eigenvalue weighted by atomic mass is 19.1. The molecule has 1 unspecified atom stereocenters. The highest BCUT2D eigenvalue weighted by Crippen LogP contribution is 2.44. The van der Waals surface area contributed by atoms with Crippen molar-refractivity contribution in [3.05, 3.63) is 64.7 Å². The van der Waals surface area contributed by atoms with Gasteiger partial charge in [0.15, 0.2) is 0 Å². The Hall–Kier alpha value is -1.94. The lowest BCUT2D eigenvalue weighted by Crippen LogP contribution is -2.45. The Morgan fingerprint density at radius 2 is 1.62 bits per heavy atom. The minimum absolute atomic E-state index is 0.151. The average molecular weight is 328 g/mol. The van der Waals surface area contributed by atoms with Gasteiger partial charge in [0, 0.05) is 37.8 Å². The molecule has 1 aliphatic heterocycles. The molecule has 0 aromatic heterocycles. The van der Waals surface area contributed by atoms with Gasteiger partial charge < -0.3 is 9.80 Å². The van der Waals surface area contributed by atoms with Crippen molar-refractivity contribution in [3.8, 4) is 0 Å². The van der Waals surface area contributed by atoms with Crippen LogP contribution < -0.4 is 4.90 Å². The first kappa shape index (κ1) is 15.6. The van der Waals surface area contributed by atoms with Gasteiger partial charge in [-0.25, -0.2) is 8.78 Å². The van der Waals surface area contributed by atoms with E-state index in [1.165, 1.54) is 17.7 Å². The fourth-order valence-corrected chi connectivity index (χ4v) is 4.05. The number of likely N-dealkylation sites (N-methyl/N-ethyl adjacent to an activating group) is 1. The second-order valence-electron chi connectivity index (χ2n) is 6.93. The fraction of sp³-hybridized carbons (Fsp3) is 0.400. The minimum atomic E-state index is -0.213. The third kappa shape index (κ3) is 2.80. The molecule has 4 rings (SSSR count). The molecule has 1 aliphatic carbocycles. The Morgan fingerprint density at radius 3 is 2.33 bits per heavy atom. The zero-order chi connectivity index (χ0) is 16.7. The Kier molecular flexibility index (Phi) is 4.01. The SMILES string of the molecule is CN1CCN(c2cc(F)cc3c2C(c2ccc(F)cc2)CC3)CC1. The zero-order valence-corrected chi connectivity index (χ0v) is 13.9. The van der Waals surface area contributed by atoms with Gasteiger partial charge in [-0.3, -0.25) is 0 Å². The van der Waals surface area contributed by atoms with Crippen molar-refractivity contribution in [2.45, 2.75) is 18.8 Å². The van der Waals surface area contributed by atoms with E-state index in [2.05, 4.69) is 16.8 Å². The fourth-order valence-electron chi connectivity index (χ4n) is 4.05. The number of rotatable bonds is 2. The Balaban J connectivity index is 1.74. The van der Waals surface area contributed by atoms with E-state index < -0.39 is 0 Å². The average Bonchev–Trinajstić information content (AvgIpc) is 2.99. The van der Waals surface area contributed by atoms with Gasteiger partial charge in [-0.15, -0.1) is 0 Å². The number of piperazine rings is 1. The predicted octanol–water partition coefficient (Wildman–Crippen LogP) is 3.79. The van der Waals surface area contributed by atoms with Crippen LogP contribution in [0.4, 0.5) is 14.5 Å². The Labute approximate surface area is 141 Å². The van der Waals surface area contributed by atoms with Crippen LogP contribution in [0.3, 0.4) is 0 Å². The van der Waals surface area contributed by atoms with Crippen LogP contribution in [-0.4, -0.2) is 38.1 Å². The van der Waals surface area contributed by atoms with E-state index in [0.717, 1.165) is 55.8 Å². The van der Waals surface area contributed by atoms with Crippen LogP contribution in [0.2, 0.25) is 0 Å². The van der Waals surface area contributed by atoms with Crippen molar-refractivity contribution in [2.24, 2.45) is 0 Å². The third-order valence-corrected chi connectivity index (χ3v) is 5.38. The second-order valence-corrected chi connectivity index (χ2v) is 6.93. The van der Waals surface area contributed by atoms with Gasteiger partial charge in [0.05, 0.1) is 0 Å². The molecule has 2 aliphatic rings. The van der Waals surface area contributed by atoms with Crippen molar-refractivity contribution in [1.29, 1.82) is 0 Å². The maximum atomic E-state index is 14.1. The molecule has 1 fully saturated rings. The van der Waals surface area contributed by atoms with Crippen molar-refractivity contribution in [3.63, 3.8) is 0 Å². The molecular formula is C20H22F2N2. The topological polar surface area (TPSA) is 6.48 Å². The van der Waals surface area contributed by atoms with Crippen LogP contribution in [-0.2, 0) is 6.42 Å². The molecule has 126 valence electrons. The van der Waals surface area contributed by atoms with Gasteiger partial charge in [-0.1, -0.05) is 12.1 Å². The van der Waals surface area contributed by atoms with Crippen molar-refractivity contribution in [1.82, 2.24) is 4.90 Å². The van der Waals surface area contributed by atoms with E-state index >= 15 is 0 Å². The molecule has 4 heteroatoms. The molecule has 0 N–H and O–H groups in total. The normalized spacial score (nSPS) is 21.1. The highest BCUT2D eigenvalue weighted by molar-refractivity contribution is 5.63. The van der Waals surface area contributed by atoms with E-state index in [1.807, 2.05) is 12.1 Å². The maximum Gasteiger partial charge on any atom is 0.125 e. The number of aryl methyl sites for hydroxylation is 1. The summed E-state index contributed by atoms with van der Waals surface area (Å²) in [6.07, 6.45) is 1.85. The molecule has 2 aromatic carbocycles. The molecule has 0 bridgehead atoms. The lowest BCUT2D eigenvalue weighted by Gasteiger charge is -2.36. The smallest absolute Gasteiger partial charge is 0.125 e. The molecule has 0 amide bonds. The van der Waals surface area contributed by atoms with Crippen LogP contribution in [0, 0.1) is 11.6 Å². The van der Waals surface area contributed by atoms with Gasteiger partial charge in [0.25, 0.3) is 0 Å². The van der Waals surface area contributed by atoms with Gasteiger partial charge in [0.1, 0.15) is 11.6 Å². The number of nitrogens with zero attached hydrogens (tertiary/aromatic N) is 2. The summed E-state index contributed by atoms with van der Waals surface area (Å²) in [5, 5.41) is 0. The van der Waals surface area contributed by atoms with Crippen molar-refractivity contribution in [2.75, 3.05) is 38.1 Å². The lowest BCUT2D eigenvalue weighted by molar-refractivity contribution is 0.312. The summed E-state index contributed by atoms with van der Waals surface area (Å²) in [7, 11) is 2.12. The molecule has 1 saturated heterocycles. The molecule has 2 aromatic rings. The minimum Gasteiger partial charge on any atom is -0.369 e. The van der Waals surface area contributed by atoms with E-state index in [0.29, 0.717) is 0 Å². The van der Waals surface area contributed by atoms with Gasteiger partial charge in [0.2, 0.25) is 0 Å². The van der Waals surface area contributed by atoms with E-state index in [-0.39, 0.29) is 17.6 Å². The first-order valence-electron chi connectivity index (χ1n) is 8.63. The zero-order valence-electron chi connectivity index (χ0n) is 13.9. The molecular weight excluding hydrogens is 306 g/mol. The highest BCUT2D eigenvalue weighted by Gasteiger charge is 2.30. The van der Waals surface area contributed by atoms with E-state index in [1.54, 1.807) is 12.1 Å². The molecule has 0 saturated carbocycles. The molecule has 1 heterocycles. The standard InChI is InChI=1S/C20H22F2N2/c1-23-8-10-24(11-9-23)19-13-17(22)12-15-4-7-18(20(15)19)14-2-5-16(21)6-3-14/h2-3,5-6,12-13,18H,4,7-11H2,1H3. The number of benzene rings is 2. The summed E-state index contributed by atoms with van der Waals surface area (Å²) in [5.41, 5.74) is 4.51. The predicted molar refractivity (Wildman–Crippen MR) is 92.7 cm³/mol. The van der Waals surface area contributed by atoms with E-state index in [4.69, 9.17) is 0 Å². The summed E-state index contributed by atoms with van der Waals surface area (Å²) in [6, 6.07) is 10.1. The van der Waals surface area contributed by atoms with Crippen LogP contribution >= 0.6 is 0 Å². The summed E-state index contributed by atoms with van der Waals surface area (Å²) in [6.45, 7) is 3.82. The van der Waals surface area contributed by atoms with Crippen LogP contribution in [0.25, 0.3) is 0 Å². The molecule has 24 heavy (non-hydrogen) atoms. The van der Waals surface area contributed by atoms with Crippen LogP contribution in [0.5, 0.6) is 0 Å². The number of hydrogen-bond donors (Lipinski definition) is 0. The Morgan fingerprint density at radius 1 is 0.917 bits per heavy atom. The monoisotopic (exact) mass is 328 g/mol. The largest absolute Gasteiger partial charge is 0.369 e. The van der Waals surface area contributed by atoms with Crippen LogP contribution in [0.1, 0.15) is 29.0 Å². The lowest BCUT2D eigenvalue weighted by atomic mass is 9.91. The molecule has 1 atom stereocenters. The third-order valence-electron chi connectivity index (χ3n) is 5.38. The van der Waals surface area contributed by atoms with Crippen LogP contribution in [0.15, 0.2) is 36.4 Å². The Bertz CT molecular complexity index is 734. The number of hydrogen-bond acceptors (Lipinski definition) is 2. The van der Waals surface area contributed by atoms with Gasteiger partial charge in [-0.2, -0.15) is 0 Å². The number of anilines is 1. The summed E-state index contributed by atoms with van der Waals surface area (Å²) in [4.78, 5) is 4.61. The summed E-state index contributed by atoms with van der Waals surface area (Å²) >= 11 is 0. The second kappa shape index (κ2) is 6.17. The van der Waals surface area contributed by atoms with Crippen molar-refractivity contribution < 1.29 is 8.78 Å². The number of fused-ring (bicyclic) bond motifs is 1. The van der Waals surface area contributed by atoms with Gasteiger partial charge in [-0.05, 0) is 60.8 Å². The van der Waals surface area contributed by atoms with E-state index in [9.17, 15) is 8.78 Å². The molecule has 0 spiro atoms. The molecule has 2 nitrogen and oxygen atoms in total. The van der Waals surface area contributed by atoms with Crippen molar-refractivity contribution >= 4 is 5.69 Å². The molecule has 0 radical (unpaired) electrons.